The summed E-state index contributed by atoms with van der Waals surface area (Å²) in [6.07, 6.45) is 4.00. The van der Waals surface area contributed by atoms with Gasteiger partial charge in [-0.1, -0.05) is 31.0 Å². The molecule has 2 rings (SSSR count). The van der Waals surface area contributed by atoms with E-state index < -0.39 is 0 Å². The minimum atomic E-state index is 0.315. The maximum Gasteiger partial charge on any atom is 0.137 e. The number of hydrogen-bond acceptors (Lipinski definition) is 3. The lowest BCUT2D eigenvalue weighted by Gasteiger charge is -2.26. The van der Waals surface area contributed by atoms with Crippen LogP contribution in [0.3, 0.4) is 0 Å². The number of halogens is 1. The summed E-state index contributed by atoms with van der Waals surface area (Å²) in [5, 5.41) is 4.09. The van der Waals surface area contributed by atoms with Crippen LogP contribution in [-0.4, -0.2) is 37.7 Å². The summed E-state index contributed by atoms with van der Waals surface area (Å²) in [6, 6.07) is 6.40. The van der Waals surface area contributed by atoms with Gasteiger partial charge in [-0.25, -0.2) is 0 Å². The van der Waals surface area contributed by atoms with Crippen molar-refractivity contribution in [3.63, 3.8) is 0 Å². The van der Waals surface area contributed by atoms with E-state index in [-0.39, 0.29) is 0 Å². The Kier molecular flexibility index (Phi) is 6.81. The molecule has 4 heteroatoms. The van der Waals surface area contributed by atoms with Crippen molar-refractivity contribution in [1.29, 1.82) is 0 Å². The molecule has 1 aliphatic rings. The quantitative estimate of drug-likeness (QED) is 0.827. The number of benzene rings is 1. The highest BCUT2D eigenvalue weighted by molar-refractivity contribution is 6.32. The molecule has 0 amide bonds. The highest BCUT2D eigenvalue weighted by atomic mass is 35.5. The van der Waals surface area contributed by atoms with Gasteiger partial charge in [-0.05, 0) is 57.1 Å². The van der Waals surface area contributed by atoms with E-state index in [0.717, 1.165) is 18.8 Å². The Morgan fingerprint density at radius 1 is 1.29 bits per heavy atom. The van der Waals surface area contributed by atoms with E-state index in [1.165, 1.54) is 37.9 Å². The second-order valence-electron chi connectivity index (χ2n) is 5.72. The molecule has 1 aliphatic heterocycles. The fourth-order valence-corrected chi connectivity index (χ4v) is 3.04. The first-order chi connectivity index (χ1) is 10.2. The average molecular weight is 311 g/mol. The zero-order chi connectivity index (χ0) is 15.1. The van der Waals surface area contributed by atoms with Crippen LogP contribution in [0.15, 0.2) is 18.2 Å². The average Bonchev–Trinajstić information content (AvgIpc) is 2.50. The Labute approximate surface area is 133 Å². The second-order valence-corrected chi connectivity index (χ2v) is 6.13. The van der Waals surface area contributed by atoms with Crippen LogP contribution in [0.5, 0.6) is 5.75 Å². The van der Waals surface area contributed by atoms with E-state index in [4.69, 9.17) is 16.3 Å². The van der Waals surface area contributed by atoms with Gasteiger partial charge in [0.25, 0.3) is 0 Å². The van der Waals surface area contributed by atoms with Crippen LogP contribution in [0, 0.1) is 0 Å². The summed E-state index contributed by atoms with van der Waals surface area (Å²) >= 11 is 6.33. The molecule has 1 aromatic rings. The van der Waals surface area contributed by atoms with Gasteiger partial charge in [-0.3, -0.25) is 4.90 Å². The summed E-state index contributed by atoms with van der Waals surface area (Å²) in [7, 11) is 0. The van der Waals surface area contributed by atoms with Gasteiger partial charge in [0.05, 0.1) is 5.02 Å². The third-order valence-corrected chi connectivity index (χ3v) is 4.38. The van der Waals surface area contributed by atoms with Gasteiger partial charge < -0.3 is 10.1 Å². The molecule has 1 atom stereocenters. The van der Waals surface area contributed by atoms with Crippen LogP contribution in [0.1, 0.15) is 44.7 Å². The van der Waals surface area contributed by atoms with E-state index in [1.807, 2.05) is 12.1 Å². The number of piperidine rings is 1. The summed E-state index contributed by atoms with van der Waals surface area (Å²) in [5.74, 6) is 0.793. The zero-order valence-corrected chi connectivity index (χ0v) is 14.0. The number of likely N-dealkylation sites (tertiary alicyclic amines) is 1. The predicted molar refractivity (Wildman–Crippen MR) is 89.3 cm³/mol. The van der Waals surface area contributed by atoms with Gasteiger partial charge in [-0.15, -0.1) is 0 Å². The first kappa shape index (κ1) is 16.6. The standard InChI is InChI=1S/C17H27ClN2O/c1-3-19-14(2)15-7-8-17(16(18)13-15)21-12-11-20-9-5-4-6-10-20/h7-8,13-14,19H,3-6,9-12H2,1-2H3. The second kappa shape index (κ2) is 8.62. The van der Waals surface area contributed by atoms with Gasteiger partial charge in [0, 0.05) is 12.6 Å². The van der Waals surface area contributed by atoms with E-state index in [1.54, 1.807) is 0 Å². The molecule has 0 aromatic heterocycles. The number of rotatable bonds is 7. The third kappa shape index (κ3) is 5.17. The summed E-state index contributed by atoms with van der Waals surface area (Å²) in [4.78, 5) is 2.47. The largest absolute Gasteiger partial charge is 0.491 e. The highest BCUT2D eigenvalue weighted by Crippen LogP contribution is 2.28. The van der Waals surface area contributed by atoms with Crippen LogP contribution in [0.2, 0.25) is 5.02 Å². The van der Waals surface area contributed by atoms with Crippen molar-refractivity contribution >= 4 is 11.6 Å². The van der Waals surface area contributed by atoms with Crippen molar-refractivity contribution in [2.24, 2.45) is 0 Å². The number of nitrogens with one attached hydrogen (secondary N) is 1. The minimum absolute atomic E-state index is 0.315. The molecule has 0 spiro atoms. The van der Waals surface area contributed by atoms with Crippen molar-refractivity contribution in [3.05, 3.63) is 28.8 Å². The normalized spacial score (nSPS) is 17.7. The molecule has 1 heterocycles. The Bertz CT molecular complexity index is 433. The van der Waals surface area contributed by atoms with Crippen LogP contribution in [0.4, 0.5) is 0 Å². The zero-order valence-electron chi connectivity index (χ0n) is 13.2. The molecular weight excluding hydrogens is 284 g/mol. The van der Waals surface area contributed by atoms with E-state index in [9.17, 15) is 0 Å². The number of ether oxygens (including phenoxy) is 1. The predicted octanol–water partition coefficient (Wildman–Crippen LogP) is 3.88. The first-order valence-electron chi connectivity index (χ1n) is 8.08. The summed E-state index contributed by atoms with van der Waals surface area (Å²) in [6.45, 7) is 9.31. The van der Waals surface area contributed by atoms with E-state index in [0.29, 0.717) is 17.7 Å². The summed E-state index contributed by atoms with van der Waals surface area (Å²) < 4.78 is 5.84. The van der Waals surface area contributed by atoms with Gasteiger partial charge >= 0.3 is 0 Å². The molecular formula is C17H27ClN2O. The Hall–Kier alpha value is -0.770. The van der Waals surface area contributed by atoms with Crippen molar-refractivity contribution in [2.45, 2.75) is 39.2 Å². The third-order valence-electron chi connectivity index (χ3n) is 4.08. The van der Waals surface area contributed by atoms with Crippen LogP contribution < -0.4 is 10.1 Å². The maximum absolute atomic E-state index is 6.33. The molecule has 1 fully saturated rings. The Morgan fingerprint density at radius 3 is 2.71 bits per heavy atom. The molecule has 0 aliphatic carbocycles. The van der Waals surface area contributed by atoms with Crippen molar-refractivity contribution < 1.29 is 4.74 Å². The number of hydrogen-bond donors (Lipinski definition) is 1. The van der Waals surface area contributed by atoms with Crippen molar-refractivity contribution in [1.82, 2.24) is 10.2 Å². The van der Waals surface area contributed by atoms with Crippen molar-refractivity contribution in [2.75, 3.05) is 32.8 Å². The minimum Gasteiger partial charge on any atom is -0.491 e. The lowest BCUT2D eigenvalue weighted by atomic mass is 10.1. The molecule has 1 saturated heterocycles. The molecule has 1 aromatic carbocycles. The molecule has 118 valence electrons. The lowest BCUT2D eigenvalue weighted by molar-refractivity contribution is 0.183. The van der Waals surface area contributed by atoms with Gasteiger partial charge in [0.2, 0.25) is 0 Å². The fourth-order valence-electron chi connectivity index (χ4n) is 2.80. The smallest absolute Gasteiger partial charge is 0.137 e. The van der Waals surface area contributed by atoms with Gasteiger partial charge in [0.1, 0.15) is 12.4 Å². The summed E-state index contributed by atoms with van der Waals surface area (Å²) in [5.41, 5.74) is 1.20. The highest BCUT2D eigenvalue weighted by Gasteiger charge is 2.11. The van der Waals surface area contributed by atoms with E-state index in [2.05, 4.69) is 30.1 Å². The Morgan fingerprint density at radius 2 is 2.05 bits per heavy atom. The SMILES string of the molecule is CCNC(C)c1ccc(OCCN2CCCCC2)c(Cl)c1. The van der Waals surface area contributed by atoms with Gasteiger partial charge in [-0.2, -0.15) is 0 Å². The van der Waals surface area contributed by atoms with Gasteiger partial charge in [0.15, 0.2) is 0 Å². The monoisotopic (exact) mass is 310 g/mol. The van der Waals surface area contributed by atoms with Crippen molar-refractivity contribution in [3.8, 4) is 5.75 Å². The first-order valence-corrected chi connectivity index (χ1v) is 8.46. The molecule has 0 radical (unpaired) electrons. The molecule has 1 unspecified atom stereocenters. The lowest BCUT2D eigenvalue weighted by Crippen LogP contribution is -2.33. The molecule has 0 saturated carbocycles. The topological polar surface area (TPSA) is 24.5 Å². The molecule has 0 bridgehead atoms. The molecule has 3 nitrogen and oxygen atoms in total. The molecule has 1 N–H and O–H groups in total. The number of nitrogens with zero attached hydrogens (tertiary/aromatic N) is 1. The van der Waals surface area contributed by atoms with E-state index >= 15 is 0 Å². The van der Waals surface area contributed by atoms with Crippen LogP contribution >= 0.6 is 11.6 Å². The maximum atomic E-state index is 6.33. The molecule has 21 heavy (non-hydrogen) atoms. The Balaban J connectivity index is 1.82. The van der Waals surface area contributed by atoms with Crippen LogP contribution in [0.25, 0.3) is 0 Å². The van der Waals surface area contributed by atoms with Crippen LogP contribution in [-0.2, 0) is 0 Å². The fraction of sp³-hybridized carbons (Fsp3) is 0.647.